The van der Waals surface area contributed by atoms with Gasteiger partial charge in [-0.25, -0.2) is 14.4 Å². The van der Waals surface area contributed by atoms with Crippen LogP contribution in [0.15, 0.2) is 96.1 Å². The van der Waals surface area contributed by atoms with Gasteiger partial charge < -0.3 is 43.0 Å². The summed E-state index contributed by atoms with van der Waals surface area (Å²) < 4.78 is 47.3. The molecule has 7 rings (SSSR count). The topological polar surface area (TPSA) is 214 Å². The highest BCUT2D eigenvalue weighted by Gasteiger charge is 2.79. The first-order chi connectivity index (χ1) is 31.2. The Kier molecular flexibility index (Phi) is 12.9. The molecule has 1 N–H and O–H groups in total. The SMILES string of the molecule is COc1ccccc1C(=O)Oc1ccc(/C=C/C(=O)O[C@H]2C[C@H]3OC[C@@]3(OC(C)=O)[C@H]3[C@H](OC(=O)c4ccccc4)[C@]4(O)C[C@H](OC(C)=O)C(C)=C([C@@H](OC(C)=O)C(=O)[C@]23C)C4(C)C)cc1. The molecule has 0 unspecified atom stereocenters. The second-order valence-corrected chi connectivity index (χ2v) is 17.8. The molecule has 0 spiro atoms. The third-order valence-corrected chi connectivity index (χ3v) is 13.5. The monoisotopic (exact) mass is 908 g/mol. The van der Waals surface area contributed by atoms with E-state index in [-0.39, 0.29) is 41.9 Å². The zero-order valence-corrected chi connectivity index (χ0v) is 37.8. The van der Waals surface area contributed by atoms with Crippen molar-refractivity contribution in [2.45, 2.75) is 103 Å². The minimum atomic E-state index is -2.29. The molecule has 9 atom stereocenters. The van der Waals surface area contributed by atoms with Gasteiger partial charge >= 0.3 is 35.8 Å². The van der Waals surface area contributed by atoms with Gasteiger partial charge in [-0.2, -0.15) is 0 Å². The van der Waals surface area contributed by atoms with Crippen LogP contribution in [0.4, 0.5) is 0 Å². The predicted octanol–water partition coefficient (Wildman–Crippen LogP) is 5.72. The number of carbonyl (C=O) groups is 7. The number of esters is 6. The lowest BCUT2D eigenvalue weighted by Crippen LogP contribution is -2.82. The zero-order chi connectivity index (χ0) is 47.9. The van der Waals surface area contributed by atoms with Gasteiger partial charge in [0, 0.05) is 45.1 Å². The number of aliphatic hydroxyl groups is 1. The summed E-state index contributed by atoms with van der Waals surface area (Å²) in [6.07, 6.45) is -5.35. The number of rotatable bonds is 11. The van der Waals surface area contributed by atoms with Crippen molar-refractivity contribution >= 4 is 47.7 Å². The summed E-state index contributed by atoms with van der Waals surface area (Å²) in [5.74, 6) is -6.68. The van der Waals surface area contributed by atoms with Crippen LogP contribution in [0.2, 0.25) is 0 Å². The second-order valence-electron chi connectivity index (χ2n) is 17.8. The Labute approximate surface area is 381 Å². The van der Waals surface area contributed by atoms with Gasteiger partial charge in [-0.1, -0.05) is 56.3 Å². The number of fused-ring (bicyclic) bond motifs is 5. The molecule has 1 aliphatic heterocycles. The number of hydrogen-bond acceptors (Lipinski definition) is 16. The fraction of sp³-hybridized carbons (Fsp3) is 0.420. The fourth-order valence-electron chi connectivity index (χ4n) is 10.3. The van der Waals surface area contributed by atoms with E-state index < -0.39 is 100 Å². The molecule has 3 fully saturated rings. The highest BCUT2D eigenvalue weighted by atomic mass is 16.6. The van der Waals surface area contributed by atoms with E-state index in [2.05, 4.69) is 0 Å². The molecule has 3 aromatic carbocycles. The van der Waals surface area contributed by atoms with E-state index in [1.54, 1.807) is 75.4 Å². The van der Waals surface area contributed by atoms with Crippen molar-refractivity contribution in [1.82, 2.24) is 0 Å². The summed E-state index contributed by atoms with van der Waals surface area (Å²) in [5, 5.41) is 13.6. The van der Waals surface area contributed by atoms with Crippen molar-refractivity contribution in [2.24, 2.45) is 16.7 Å². The van der Waals surface area contributed by atoms with Crippen LogP contribution in [0.1, 0.15) is 87.6 Å². The van der Waals surface area contributed by atoms with Crippen LogP contribution in [-0.2, 0) is 52.4 Å². The van der Waals surface area contributed by atoms with E-state index >= 15 is 4.79 Å². The largest absolute Gasteiger partial charge is 0.496 e. The summed E-state index contributed by atoms with van der Waals surface area (Å²) in [6.45, 7) is 9.36. The van der Waals surface area contributed by atoms with E-state index in [4.69, 9.17) is 37.9 Å². The van der Waals surface area contributed by atoms with Gasteiger partial charge in [0.05, 0.1) is 30.6 Å². The second kappa shape index (κ2) is 18.0. The first kappa shape index (κ1) is 47.3. The lowest BCUT2D eigenvalue weighted by molar-refractivity contribution is -0.346. The maximum absolute atomic E-state index is 15.9. The van der Waals surface area contributed by atoms with Gasteiger partial charge in [-0.15, -0.1) is 0 Å². The quantitative estimate of drug-likeness (QED) is 0.0802. The highest BCUT2D eigenvalue weighted by molar-refractivity contribution is 5.97. The van der Waals surface area contributed by atoms with Gasteiger partial charge in [0.25, 0.3) is 0 Å². The Bertz CT molecular complexity index is 2510. The average molecular weight is 909 g/mol. The number of methoxy groups -OCH3 is 1. The molecule has 0 aromatic heterocycles. The van der Waals surface area contributed by atoms with Gasteiger partial charge in [0.15, 0.2) is 17.5 Å². The number of hydrogen-bond donors (Lipinski definition) is 1. The Hall–Kier alpha value is -6.65. The van der Waals surface area contributed by atoms with Crippen LogP contribution >= 0.6 is 0 Å². The highest BCUT2D eigenvalue weighted by Crippen LogP contribution is 2.65. The molecule has 1 heterocycles. The maximum Gasteiger partial charge on any atom is 0.347 e. The van der Waals surface area contributed by atoms with Crippen molar-refractivity contribution in [3.8, 4) is 11.5 Å². The van der Waals surface area contributed by atoms with Crippen LogP contribution in [0, 0.1) is 16.7 Å². The van der Waals surface area contributed by atoms with Crippen LogP contribution in [0.25, 0.3) is 6.08 Å². The minimum Gasteiger partial charge on any atom is -0.496 e. The summed E-state index contributed by atoms with van der Waals surface area (Å²) in [4.78, 5) is 96.0. The van der Waals surface area contributed by atoms with Gasteiger partial charge in [-0.05, 0) is 73.0 Å². The number of carbonyl (C=O) groups excluding carboxylic acids is 7. The fourth-order valence-corrected chi connectivity index (χ4v) is 10.3. The van der Waals surface area contributed by atoms with E-state index in [0.717, 1.165) is 19.9 Å². The number of ketones is 1. The molecule has 4 aliphatic rings. The lowest BCUT2D eigenvalue weighted by Gasteiger charge is -2.67. The number of para-hydroxylation sites is 1. The molecular weight excluding hydrogens is 857 g/mol. The summed E-state index contributed by atoms with van der Waals surface area (Å²) >= 11 is 0. The summed E-state index contributed by atoms with van der Waals surface area (Å²) in [5.41, 5.74) is -6.56. The van der Waals surface area contributed by atoms with Crippen LogP contribution in [0.3, 0.4) is 0 Å². The van der Waals surface area contributed by atoms with E-state index in [1.807, 2.05) is 0 Å². The molecule has 1 saturated heterocycles. The zero-order valence-electron chi connectivity index (χ0n) is 37.8. The van der Waals surface area contributed by atoms with Crippen molar-refractivity contribution in [3.63, 3.8) is 0 Å². The Balaban J connectivity index is 1.33. The minimum absolute atomic E-state index is 0.0821. The van der Waals surface area contributed by atoms with Crippen molar-refractivity contribution in [1.29, 1.82) is 0 Å². The Morgan fingerprint density at radius 1 is 0.788 bits per heavy atom. The van der Waals surface area contributed by atoms with Crippen molar-refractivity contribution in [3.05, 3.63) is 113 Å². The van der Waals surface area contributed by atoms with Crippen LogP contribution in [0.5, 0.6) is 11.5 Å². The molecule has 348 valence electrons. The molecule has 2 saturated carbocycles. The molecule has 66 heavy (non-hydrogen) atoms. The third-order valence-electron chi connectivity index (χ3n) is 13.5. The summed E-state index contributed by atoms with van der Waals surface area (Å²) in [7, 11) is 1.44. The third kappa shape index (κ3) is 8.27. The van der Waals surface area contributed by atoms with Crippen LogP contribution in [-0.4, -0.2) is 102 Å². The smallest absolute Gasteiger partial charge is 0.347 e. The predicted molar refractivity (Wildman–Crippen MR) is 232 cm³/mol. The van der Waals surface area contributed by atoms with Gasteiger partial charge in [0.2, 0.25) is 0 Å². The van der Waals surface area contributed by atoms with E-state index in [1.165, 1.54) is 51.3 Å². The number of benzene rings is 3. The molecule has 3 aromatic rings. The van der Waals surface area contributed by atoms with E-state index in [9.17, 15) is 33.9 Å². The van der Waals surface area contributed by atoms with Crippen molar-refractivity contribution in [2.75, 3.05) is 13.7 Å². The summed E-state index contributed by atoms with van der Waals surface area (Å²) in [6, 6.07) is 20.7. The normalized spacial score (nSPS) is 29.6. The van der Waals surface area contributed by atoms with E-state index in [0.29, 0.717) is 16.9 Å². The molecule has 16 heteroatoms. The Morgan fingerprint density at radius 3 is 2.05 bits per heavy atom. The molecule has 0 radical (unpaired) electrons. The molecule has 16 nitrogen and oxygen atoms in total. The van der Waals surface area contributed by atoms with Gasteiger partial charge in [-0.3, -0.25) is 19.2 Å². The molecule has 3 aliphatic carbocycles. The molecular formula is C50H52O16. The number of Topliss-reactive ketones (excluding diaryl/α,β-unsaturated/α-hetero) is 1. The van der Waals surface area contributed by atoms with Crippen molar-refractivity contribution < 1.29 is 76.6 Å². The molecule has 0 amide bonds. The lowest BCUT2D eigenvalue weighted by atomic mass is 9.44. The van der Waals surface area contributed by atoms with Gasteiger partial charge in [0.1, 0.15) is 47.1 Å². The van der Waals surface area contributed by atoms with Crippen LogP contribution < -0.4 is 9.47 Å². The Morgan fingerprint density at radius 2 is 1.44 bits per heavy atom. The first-order valence-electron chi connectivity index (χ1n) is 21.4. The molecule has 2 bridgehead atoms. The number of ether oxygens (including phenoxy) is 8. The average Bonchev–Trinajstić information content (AvgIpc) is 3.26. The first-order valence-corrected chi connectivity index (χ1v) is 21.4. The standard InChI is InChI=1S/C50H52O16/c1-27-36(61-28(2)51)25-50(58)44(65-45(56)32-14-10-9-11-15-32)42-48(7,43(55)41(62-29(3)52)40(27)47(50,5)6)37(24-38-49(42,26-60-38)66-30(4)53)64-39(54)23-20-31-18-21-33(22-19-31)63-46(57)34-16-12-13-17-35(34)59-8/h9-23,36-38,41-42,44,58H,24-26H2,1-8H3/b23-20+/t36-,37-,38+,41+,42-,44-,48+,49-,50+/m0/s1. The maximum atomic E-state index is 15.9.